The van der Waals surface area contributed by atoms with E-state index in [0.717, 1.165) is 16.6 Å². The van der Waals surface area contributed by atoms with Crippen LogP contribution in [0, 0.1) is 6.92 Å². The van der Waals surface area contributed by atoms with Crippen molar-refractivity contribution >= 4 is 40.6 Å². The van der Waals surface area contributed by atoms with Crippen molar-refractivity contribution < 1.29 is 0 Å². The molecule has 0 atom stereocenters. The molecule has 2 N–H and O–H groups in total. The number of H-pyrrole nitrogens is 2. The number of benzene rings is 1. The second-order valence-electron chi connectivity index (χ2n) is 3.15. The third-order valence-corrected chi connectivity index (χ3v) is 2.04. The van der Waals surface area contributed by atoms with Crippen LogP contribution in [-0.2, 0) is 0 Å². The van der Waals surface area contributed by atoms with Crippen LogP contribution >= 0.6 is 0 Å². The first-order valence-electron chi connectivity index (χ1n) is 4.72. The second-order valence-corrected chi connectivity index (χ2v) is 3.15. The van der Waals surface area contributed by atoms with Gasteiger partial charge in [0.2, 0.25) is 0 Å². The Balaban J connectivity index is 0.000000183. The Morgan fingerprint density at radius 2 is 1.75 bits per heavy atom. The Bertz CT molecular complexity index is 498. The van der Waals surface area contributed by atoms with Crippen molar-refractivity contribution in [1.29, 1.82) is 0 Å². The molecule has 0 unspecified atom stereocenters. The Morgan fingerprint density at radius 1 is 1.00 bits per heavy atom. The Hall–Kier alpha value is -1.10. The number of aryl methyl sites for hydroxylation is 1. The maximum absolute atomic E-state index is 3.98. The first-order chi connectivity index (χ1) is 7.38. The maximum atomic E-state index is 3.98. The van der Waals surface area contributed by atoms with E-state index < -0.39 is 0 Å². The van der Waals surface area contributed by atoms with E-state index in [4.69, 9.17) is 0 Å². The number of para-hydroxylation sites is 1. The van der Waals surface area contributed by atoms with E-state index in [0.29, 0.717) is 0 Å². The summed E-state index contributed by atoms with van der Waals surface area (Å²) in [5.41, 5.74) is 3.05. The van der Waals surface area contributed by atoms with Gasteiger partial charge >= 0.3 is 0 Å². The molecule has 2 heterocycles. The molecule has 0 saturated heterocycles. The maximum Gasteiger partial charge on any atom is 0.115 e. The Kier molecular flexibility index (Phi) is 5.25. The molecule has 77 valence electrons. The van der Waals surface area contributed by atoms with Gasteiger partial charge < -0.3 is 4.98 Å². The smallest absolute Gasteiger partial charge is 0.115 e. The van der Waals surface area contributed by atoms with E-state index in [1.807, 2.05) is 49.6 Å². The van der Waals surface area contributed by atoms with E-state index in [1.165, 1.54) is 0 Å². The molecule has 0 amide bonds. The number of aromatic nitrogens is 4. The summed E-state index contributed by atoms with van der Waals surface area (Å²) in [6.45, 7) is 2.02. The third-order valence-electron chi connectivity index (χ3n) is 2.04. The van der Waals surface area contributed by atoms with E-state index >= 15 is 0 Å². The van der Waals surface area contributed by atoms with Crippen molar-refractivity contribution in [3.8, 4) is 0 Å². The molecule has 0 aliphatic rings. The van der Waals surface area contributed by atoms with Crippen LogP contribution < -0.4 is 0 Å². The molecule has 0 bridgehead atoms. The molecule has 1 aromatic carbocycles. The molecule has 0 spiro atoms. The van der Waals surface area contributed by atoms with Crippen LogP contribution in [0.1, 0.15) is 5.56 Å². The van der Waals surface area contributed by atoms with Crippen LogP contribution in [0.15, 0.2) is 42.7 Å². The molecule has 3 aromatic rings. The number of hydrogen-bond donors (Lipinski definition) is 2. The normalized spacial score (nSPS) is 9.06. The largest absolute Gasteiger partial charge is 0.368 e. The summed E-state index contributed by atoms with van der Waals surface area (Å²) >= 11 is 0. The number of nitrogens with zero attached hydrogens (tertiary/aromatic N) is 2. The fourth-order valence-electron chi connectivity index (χ4n) is 1.29. The molecule has 16 heavy (non-hydrogen) atoms. The Morgan fingerprint density at radius 3 is 2.31 bits per heavy atom. The van der Waals surface area contributed by atoms with Crippen LogP contribution in [0.3, 0.4) is 0 Å². The number of fused-ring (bicyclic) bond motifs is 1. The molecule has 2 aromatic heterocycles. The summed E-state index contributed by atoms with van der Waals surface area (Å²) in [6.07, 6.45) is 3.75. The van der Waals surface area contributed by atoms with E-state index in [1.54, 1.807) is 0 Å². The van der Waals surface area contributed by atoms with Gasteiger partial charge in [-0.05, 0) is 30.7 Å². The Labute approximate surface area is 116 Å². The minimum absolute atomic E-state index is 0. The van der Waals surface area contributed by atoms with Crippen molar-refractivity contribution in [3.63, 3.8) is 0 Å². The number of hydrogen-bond acceptors (Lipinski definition) is 2. The number of nitrogens with one attached hydrogen (secondary N) is 2. The molecule has 3 rings (SSSR count). The molecular weight excluding hydrogens is 211 g/mol. The zero-order valence-electron chi connectivity index (χ0n) is 9.44. The van der Waals surface area contributed by atoms with Crippen molar-refractivity contribution in [2.75, 3.05) is 0 Å². The van der Waals surface area contributed by atoms with Crippen LogP contribution in [0.25, 0.3) is 11.0 Å². The SMILES string of the molecule is Cc1cccc2n[nH]nc12.[Na].c1cc[nH]c1. The van der Waals surface area contributed by atoms with Gasteiger partial charge in [0, 0.05) is 42.0 Å². The fourth-order valence-corrected chi connectivity index (χ4v) is 1.29. The summed E-state index contributed by atoms with van der Waals surface area (Å²) in [6, 6.07) is 9.82. The van der Waals surface area contributed by atoms with Crippen LogP contribution in [-0.4, -0.2) is 50.0 Å². The molecule has 0 saturated carbocycles. The summed E-state index contributed by atoms with van der Waals surface area (Å²) in [5.74, 6) is 0. The summed E-state index contributed by atoms with van der Waals surface area (Å²) in [7, 11) is 0. The predicted molar refractivity (Wildman–Crippen MR) is 65.2 cm³/mol. The summed E-state index contributed by atoms with van der Waals surface area (Å²) in [4.78, 5) is 2.86. The standard InChI is InChI=1S/C7H7N3.C4H5N.Na/c1-5-3-2-4-6-7(5)9-10-8-6;1-2-4-5-3-1;/h2-4H,1H3,(H,8,9,10);1-5H;. The van der Waals surface area contributed by atoms with Crippen LogP contribution in [0.4, 0.5) is 0 Å². The van der Waals surface area contributed by atoms with Gasteiger partial charge in [-0.15, -0.1) is 0 Å². The minimum Gasteiger partial charge on any atom is -0.368 e. The molecule has 0 fully saturated rings. The fraction of sp³-hybridized carbons (Fsp3) is 0.0909. The van der Waals surface area contributed by atoms with Crippen molar-refractivity contribution in [1.82, 2.24) is 20.4 Å². The quantitative estimate of drug-likeness (QED) is 0.572. The first kappa shape index (κ1) is 13.0. The van der Waals surface area contributed by atoms with Gasteiger partial charge in [0.1, 0.15) is 11.0 Å². The summed E-state index contributed by atoms with van der Waals surface area (Å²) < 4.78 is 0. The van der Waals surface area contributed by atoms with Gasteiger partial charge in [0.05, 0.1) is 0 Å². The van der Waals surface area contributed by atoms with Gasteiger partial charge in [-0.1, -0.05) is 12.1 Å². The van der Waals surface area contributed by atoms with Gasteiger partial charge in [-0.25, -0.2) is 0 Å². The predicted octanol–water partition coefficient (Wildman–Crippen LogP) is 1.90. The van der Waals surface area contributed by atoms with Gasteiger partial charge in [-0.2, -0.15) is 15.4 Å². The van der Waals surface area contributed by atoms with E-state index in [9.17, 15) is 0 Å². The molecule has 0 aliphatic heterocycles. The zero-order chi connectivity index (χ0) is 10.5. The second kappa shape index (κ2) is 6.48. The van der Waals surface area contributed by atoms with Gasteiger partial charge in [0.15, 0.2) is 0 Å². The monoisotopic (exact) mass is 223 g/mol. The molecule has 5 heteroatoms. The molecule has 4 nitrogen and oxygen atoms in total. The van der Waals surface area contributed by atoms with Crippen LogP contribution in [0.2, 0.25) is 0 Å². The zero-order valence-corrected chi connectivity index (χ0v) is 11.4. The number of aromatic amines is 2. The average Bonchev–Trinajstić information content (AvgIpc) is 2.93. The topological polar surface area (TPSA) is 57.4 Å². The van der Waals surface area contributed by atoms with E-state index in [2.05, 4.69) is 20.4 Å². The van der Waals surface area contributed by atoms with E-state index in [-0.39, 0.29) is 29.6 Å². The minimum atomic E-state index is 0. The summed E-state index contributed by atoms with van der Waals surface area (Å²) in [5, 5.41) is 10.5. The van der Waals surface area contributed by atoms with Crippen molar-refractivity contribution in [2.24, 2.45) is 0 Å². The van der Waals surface area contributed by atoms with Gasteiger partial charge in [0.25, 0.3) is 0 Å². The van der Waals surface area contributed by atoms with Crippen molar-refractivity contribution in [2.45, 2.75) is 6.92 Å². The molecule has 1 radical (unpaired) electrons. The van der Waals surface area contributed by atoms with Crippen LogP contribution in [0.5, 0.6) is 0 Å². The number of rotatable bonds is 0. The van der Waals surface area contributed by atoms with Crippen molar-refractivity contribution in [3.05, 3.63) is 48.3 Å². The first-order valence-corrected chi connectivity index (χ1v) is 4.72. The molecular formula is C11H12N4Na. The van der Waals surface area contributed by atoms with Gasteiger partial charge in [-0.3, -0.25) is 0 Å². The molecule has 0 aliphatic carbocycles. The third kappa shape index (κ3) is 3.20. The average molecular weight is 223 g/mol.